The van der Waals surface area contributed by atoms with E-state index in [1.807, 2.05) is 0 Å². The second kappa shape index (κ2) is 7.22. The fourth-order valence-corrected chi connectivity index (χ4v) is 0. The third-order valence-electron chi connectivity index (χ3n) is 0.167. The summed E-state index contributed by atoms with van der Waals surface area (Å²) in [4.78, 5) is 17.9. The zero-order valence-electron chi connectivity index (χ0n) is 3.99. The van der Waals surface area contributed by atoms with Gasteiger partial charge in [0.2, 0.25) is 0 Å². The molecule has 0 bridgehead atoms. The number of quaternary nitrogens is 1. The Balaban J connectivity index is -0.000000125. The van der Waals surface area contributed by atoms with Crippen LogP contribution < -0.4 is 16.4 Å². The van der Waals surface area contributed by atoms with Gasteiger partial charge in [-0.2, -0.15) is 0 Å². The molecule has 5 nitrogen and oxygen atoms in total. The van der Waals surface area contributed by atoms with Crippen molar-refractivity contribution in [1.29, 1.82) is 0 Å². The number of hydrogen-bond donors (Lipinski definition) is 1. The van der Waals surface area contributed by atoms with Crippen molar-refractivity contribution in [3.63, 3.8) is 0 Å². The molecule has 0 aliphatic carbocycles. The first-order valence-corrected chi connectivity index (χ1v) is 1.07. The van der Waals surface area contributed by atoms with Gasteiger partial charge in [-0.05, 0) is 0 Å². The molecular formula is C2H4GdNO4+2. The summed E-state index contributed by atoms with van der Waals surface area (Å²) in [6.45, 7) is 0. The minimum absolute atomic E-state index is 0. The van der Waals surface area contributed by atoms with Crippen LogP contribution >= 0.6 is 0 Å². The Kier molecular flexibility index (Phi) is 14.2. The Morgan fingerprint density at radius 2 is 1.12 bits per heavy atom. The average Bonchev–Trinajstić information content (AvgIpc) is 1.36. The summed E-state index contributed by atoms with van der Waals surface area (Å²) in [7, 11) is 0. The summed E-state index contributed by atoms with van der Waals surface area (Å²) in [5.41, 5.74) is 0. The van der Waals surface area contributed by atoms with Crippen LogP contribution in [0.3, 0.4) is 0 Å². The van der Waals surface area contributed by atoms with E-state index < -0.39 is 11.9 Å². The molecule has 0 aliphatic heterocycles. The first-order chi connectivity index (χ1) is 2.64. The van der Waals surface area contributed by atoms with E-state index in [1.165, 1.54) is 0 Å². The SMILES string of the molecule is O=C([O-])C(=O)[O-].[Gd+3].[NH4+]. The van der Waals surface area contributed by atoms with Gasteiger partial charge in [-0.3, -0.25) is 0 Å². The molecule has 47 valence electrons. The predicted octanol–water partition coefficient (Wildman–Crippen LogP) is -3.14. The van der Waals surface area contributed by atoms with E-state index in [9.17, 15) is 0 Å². The summed E-state index contributed by atoms with van der Waals surface area (Å²) in [6.07, 6.45) is 0. The van der Waals surface area contributed by atoms with Crippen molar-refractivity contribution in [2.45, 2.75) is 0 Å². The molecular weight excluding hydrogens is 259 g/mol. The Bertz CT molecular complexity index is 80.0. The molecule has 0 aliphatic rings. The maximum atomic E-state index is 8.93. The molecule has 0 saturated carbocycles. The van der Waals surface area contributed by atoms with Crippen LogP contribution in [0.1, 0.15) is 0 Å². The van der Waals surface area contributed by atoms with Crippen molar-refractivity contribution in [1.82, 2.24) is 6.15 Å². The number of carbonyl (C=O) groups excluding carboxylic acids is 2. The zero-order chi connectivity index (χ0) is 5.15. The second-order valence-corrected chi connectivity index (χ2v) is 0.575. The molecule has 8 heavy (non-hydrogen) atoms. The molecule has 0 atom stereocenters. The standard InChI is InChI=1S/C2H2O4.Gd.H3N/c3-1(4)2(5)6;;/h(H,3,4)(H,5,6);;1H3/q;+3;/p-1. The number of carboxylic acid groups (broad SMARTS) is 2. The number of carboxylic acids is 2. The van der Waals surface area contributed by atoms with Gasteiger partial charge < -0.3 is 26.0 Å². The normalized spacial score (nSPS) is 5.50. The van der Waals surface area contributed by atoms with Crippen molar-refractivity contribution in [3.8, 4) is 0 Å². The minimum atomic E-state index is -2.19. The Hall–Kier alpha value is 0.225. The summed E-state index contributed by atoms with van der Waals surface area (Å²) in [6, 6.07) is 0. The summed E-state index contributed by atoms with van der Waals surface area (Å²) in [5, 5.41) is 17.9. The van der Waals surface area contributed by atoms with Gasteiger partial charge in [0.05, 0.1) is 11.9 Å². The smallest absolute Gasteiger partial charge is 0.543 e. The van der Waals surface area contributed by atoms with Crippen molar-refractivity contribution in [3.05, 3.63) is 0 Å². The molecule has 0 spiro atoms. The van der Waals surface area contributed by atoms with E-state index in [1.54, 1.807) is 0 Å². The number of aliphatic carboxylic acids is 2. The molecule has 0 amide bonds. The largest absolute Gasteiger partial charge is 3.00 e. The van der Waals surface area contributed by atoms with Crippen LogP contribution in [0.25, 0.3) is 0 Å². The summed E-state index contributed by atoms with van der Waals surface area (Å²) < 4.78 is 0. The fourth-order valence-electron chi connectivity index (χ4n) is 0. The molecule has 4 N–H and O–H groups in total. The molecule has 0 unspecified atom stereocenters. The number of carbonyl (C=O) groups is 2. The van der Waals surface area contributed by atoms with Gasteiger partial charge in [-0.25, -0.2) is 0 Å². The van der Waals surface area contributed by atoms with Crippen LogP contribution in [0.5, 0.6) is 0 Å². The minimum Gasteiger partial charge on any atom is -0.543 e. The summed E-state index contributed by atoms with van der Waals surface area (Å²) >= 11 is 0. The van der Waals surface area contributed by atoms with Crippen molar-refractivity contribution in [2.24, 2.45) is 0 Å². The average molecular weight is 263 g/mol. The molecule has 1 radical (unpaired) electrons. The van der Waals surface area contributed by atoms with Crippen molar-refractivity contribution in [2.75, 3.05) is 0 Å². The fraction of sp³-hybridized carbons (Fsp3) is 0. The van der Waals surface area contributed by atoms with Gasteiger partial charge in [-0.15, -0.1) is 0 Å². The van der Waals surface area contributed by atoms with Gasteiger partial charge in [-0.1, -0.05) is 0 Å². The maximum Gasteiger partial charge on any atom is 3.00 e. The molecule has 6 heteroatoms. The third kappa shape index (κ3) is 9.52. The van der Waals surface area contributed by atoms with Crippen LogP contribution in [0.4, 0.5) is 0 Å². The topological polar surface area (TPSA) is 117 Å². The molecule has 0 rings (SSSR count). The van der Waals surface area contributed by atoms with Crippen molar-refractivity contribution >= 4 is 11.9 Å². The van der Waals surface area contributed by atoms with Gasteiger partial charge in [0.15, 0.2) is 0 Å². The molecule has 0 aromatic rings. The van der Waals surface area contributed by atoms with Crippen LogP contribution in [-0.4, -0.2) is 11.9 Å². The molecule has 0 heterocycles. The van der Waals surface area contributed by atoms with E-state index in [0.717, 1.165) is 0 Å². The molecule has 0 aromatic heterocycles. The monoisotopic (exact) mass is 264 g/mol. The van der Waals surface area contributed by atoms with E-state index in [-0.39, 0.29) is 46.1 Å². The Morgan fingerprint density at radius 1 is 1.00 bits per heavy atom. The Labute approximate surface area is 77.3 Å². The van der Waals surface area contributed by atoms with Crippen LogP contribution in [0.2, 0.25) is 0 Å². The Morgan fingerprint density at radius 3 is 1.12 bits per heavy atom. The first kappa shape index (κ1) is 15.7. The number of rotatable bonds is 0. The van der Waals surface area contributed by atoms with Gasteiger partial charge in [0.1, 0.15) is 0 Å². The predicted molar refractivity (Wildman–Crippen MR) is 16.0 cm³/mol. The van der Waals surface area contributed by atoms with Crippen LogP contribution in [-0.2, 0) is 9.59 Å². The van der Waals surface area contributed by atoms with Gasteiger partial charge in [0, 0.05) is 0 Å². The van der Waals surface area contributed by atoms with Crippen LogP contribution in [0, 0.1) is 39.9 Å². The maximum absolute atomic E-state index is 8.93. The molecule has 0 fully saturated rings. The number of hydrogen-bond acceptors (Lipinski definition) is 4. The summed E-state index contributed by atoms with van der Waals surface area (Å²) in [5.74, 6) is -4.37. The zero-order valence-corrected chi connectivity index (χ0v) is 6.26. The quantitative estimate of drug-likeness (QED) is 0.465. The van der Waals surface area contributed by atoms with E-state index in [0.29, 0.717) is 0 Å². The third-order valence-corrected chi connectivity index (χ3v) is 0.167. The van der Waals surface area contributed by atoms with E-state index >= 15 is 0 Å². The first-order valence-electron chi connectivity index (χ1n) is 1.07. The molecule has 0 aromatic carbocycles. The van der Waals surface area contributed by atoms with Crippen molar-refractivity contribution < 1.29 is 59.7 Å². The molecule has 0 saturated heterocycles. The van der Waals surface area contributed by atoms with E-state index in [2.05, 4.69) is 0 Å². The van der Waals surface area contributed by atoms with Gasteiger partial charge >= 0.3 is 39.9 Å². The van der Waals surface area contributed by atoms with Gasteiger partial charge in [0.25, 0.3) is 0 Å². The van der Waals surface area contributed by atoms with E-state index in [4.69, 9.17) is 19.8 Å². The van der Waals surface area contributed by atoms with Crippen LogP contribution in [0.15, 0.2) is 0 Å². The second-order valence-electron chi connectivity index (χ2n) is 0.575.